The van der Waals surface area contributed by atoms with Gasteiger partial charge >= 0.3 is 5.97 Å². The number of nitrogens with zero attached hydrogens (tertiary/aromatic N) is 4. The maximum Gasteiger partial charge on any atom is 0.302 e. The van der Waals surface area contributed by atoms with E-state index in [1.54, 1.807) is 41.4 Å². The van der Waals surface area contributed by atoms with Crippen molar-refractivity contribution < 1.29 is 18.7 Å². The second-order valence-corrected chi connectivity index (χ2v) is 8.11. The minimum Gasteiger partial charge on any atom is -0.461 e. The van der Waals surface area contributed by atoms with Crippen molar-refractivity contribution in [3.8, 4) is 16.9 Å². The molecule has 0 unspecified atom stereocenters. The van der Waals surface area contributed by atoms with Gasteiger partial charge in [-0.05, 0) is 48.5 Å². The number of amides is 1. The Labute approximate surface area is 192 Å². The summed E-state index contributed by atoms with van der Waals surface area (Å²) in [6.45, 7) is 2.25. The molecule has 4 aromatic rings. The predicted molar refractivity (Wildman–Crippen MR) is 121 cm³/mol. The molecule has 0 spiro atoms. The van der Waals surface area contributed by atoms with Gasteiger partial charge in [-0.25, -0.2) is 9.07 Å². The molecule has 172 valence electrons. The van der Waals surface area contributed by atoms with Gasteiger partial charge in [0.1, 0.15) is 17.6 Å². The summed E-state index contributed by atoms with van der Waals surface area (Å²) in [5.74, 6) is -0.899. The number of pyridine rings is 1. The Kier molecular flexibility index (Phi) is 5.40. The lowest BCUT2D eigenvalue weighted by molar-refractivity contribution is -0.145. The maximum atomic E-state index is 13.6. The Morgan fingerprint density at radius 2 is 1.94 bits per heavy atom. The van der Waals surface area contributed by atoms with Crippen LogP contribution in [0, 0.1) is 5.82 Å². The number of hydrogen-bond donors (Lipinski definition) is 1. The van der Waals surface area contributed by atoms with Gasteiger partial charge in [0.25, 0.3) is 11.5 Å². The average Bonchev–Trinajstić information content (AvgIpc) is 3.48. The van der Waals surface area contributed by atoms with Crippen molar-refractivity contribution in [3.63, 3.8) is 0 Å². The van der Waals surface area contributed by atoms with Crippen molar-refractivity contribution in [2.45, 2.75) is 19.4 Å². The maximum absolute atomic E-state index is 13.6. The molecule has 1 aliphatic rings. The second-order valence-electron chi connectivity index (χ2n) is 8.11. The number of likely N-dealkylation sites (tertiary alicyclic amines) is 1. The molecule has 1 amide bonds. The molecule has 1 fully saturated rings. The highest BCUT2D eigenvalue weighted by Gasteiger charge is 2.28. The van der Waals surface area contributed by atoms with Gasteiger partial charge in [0.2, 0.25) is 0 Å². The molecule has 3 heterocycles. The molecule has 1 atom stereocenters. The smallest absolute Gasteiger partial charge is 0.302 e. The van der Waals surface area contributed by atoms with E-state index < -0.39 is 5.82 Å². The highest BCUT2D eigenvalue weighted by Crippen LogP contribution is 2.21. The first-order valence-corrected chi connectivity index (χ1v) is 10.7. The summed E-state index contributed by atoms with van der Waals surface area (Å²) in [4.78, 5) is 40.8. The Hall–Kier alpha value is -4.34. The lowest BCUT2D eigenvalue weighted by Gasteiger charge is -2.16. The summed E-state index contributed by atoms with van der Waals surface area (Å²) in [6.07, 6.45) is 1.94. The van der Waals surface area contributed by atoms with Crippen molar-refractivity contribution in [3.05, 3.63) is 76.5 Å². The number of nitrogens with one attached hydrogen (secondary N) is 1. The fraction of sp³-hybridized carbons (Fsp3) is 0.208. The first-order chi connectivity index (χ1) is 16.4. The number of esters is 1. The molecule has 1 aliphatic heterocycles. The van der Waals surface area contributed by atoms with Crippen LogP contribution < -0.4 is 5.56 Å². The number of aromatic amines is 1. The number of halogens is 1. The third kappa shape index (κ3) is 4.17. The van der Waals surface area contributed by atoms with Gasteiger partial charge < -0.3 is 14.6 Å². The standard InChI is InChI=1S/C24H20FN5O4/c1-14(31)34-19-8-9-29(12-19)24(33)15-2-5-18(6-3-15)30-13-22(27-28-30)20-11-16-10-17(25)4-7-21(16)26-23(20)32/h2-7,10-11,13,19H,8-9,12H2,1H3,(H,26,32)/t19-/m1/s1. The topological polar surface area (TPSA) is 110 Å². The molecule has 0 bridgehead atoms. The largest absolute Gasteiger partial charge is 0.461 e. The number of ether oxygens (including phenoxy) is 1. The van der Waals surface area contributed by atoms with Gasteiger partial charge in [-0.3, -0.25) is 14.4 Å². The van der Waals surface area contributed by atoms with E-state index in [0.29, 0.717) is 47.4 Å². The minimum atomic E-state index is -0.403. The van der Waals surface area contributed by atoms with Crippen molar-refractivity contribution >= 4 is 22.8 Å². The summed E-state index contributed by atoms with van der Waals surface area (Å²) in [5.41, 5.74) is 1.93. The van der Waals surface area contributed by atoms with E-state index in [1.807, 2.05) is 0 Å². The van der Waals surface area contributed by atoms with Crippen LogP contribution in [0.1, 0.15) is 23.7 Å². The van der Waals surface area contributed by atoms with Gasteiger partial charge in [0, 0.05) is 36.4 Å². The minimum absolute atomic E-state index is 0.143. The summed E-state index contributed by atoms with van der Waals surface area (Å²) >= 11 is 0. The number of carbonyl (C=O) groups is 2. The SMILES string of the molecule is CC(=O)O[C@@H]1CCN(C(=O)c2ccc(-n3cc(-c4cc5cc(F)ccc5[nH]c4=O)nn3)cc2)C1. The van der Waals surface area contributed by atoms with Crippen LogP contribution in [0.4, 0.5) is 4.39 Å². The molecule has 9 nitrogen and oxygen atoms in total. The average molecular weight is 461 g/mol. The van der Waals surface area contributed by atoms with Crippen molar-refractivity contribution in [2.24, 2.45) is 0 Å². The van der Waals surface area contributed by atoms with Gasteiger partial charge in [0.15, 0.2) is 0 Å². The normalized spacial score (nSPS) is 15.6. The fourth-order valence-corrected chi connectivity index (χ4v) is 4.06. The molecule has 2 aromatic heterocycles. The van der Waals surface area contributed by atoms with Crippen LogP contribution in [0.25, 0.3) is 27.8 Å². The molecular formula is C24H20FN5O4. The Balaban J connectivity index is 1.35. The first-order valence-electron chi connectivity index (χ1n) is 10.7. The number of rotatable bonds is 4. The van der Waals surface area contributed by atoms with E-state index in [0.717, 1.165) is 0 Å². The third-order valence-electron chi connectivity index (χ3n) is 5.72. The monoisotopic (exact) mass is 461 g/mol. The molecule has 2 aromatic carbocycles. The highest BCUT2D eigenvalue weighted by molar-refractivity contribution is 5.94. The van der Waals surface area contributed by atoms with Crippen LogP contribution in [-0.2, 0) is 9.53 Å². The van der Waals surface area contributed by atoms with Crippen molar-refractivity contribution in [1.29, 1.82) is 0 Å². The number of carbonyl (C=O) groups excluding carboxylic acids is 2. The number of fused-ring (bicyclic) bond motifs is 1. The van der Waals surface area contributed by atoms with Gasteiger partial charge in [0.05, 0.1) is 24.0 Å². The number of H-pyrrole nitrogens is 1. The number of benzene rings is 2. The second kappa shape index (κ2) is 8.54. The summed E-state index contributed by atoms with van der Waals surface area (Å²) in [6, 6.07) is 12.5. The Bertz CT molecular complexity index is 1460. The molecule has 0 radical (unpaired) electrons. The van der Waals surface area contributed by atoms with E-state index in [2.05, 4.69) is 15.3 Å². The number of hydrogen-bond acceptors (Lipinski definition) is 6. The molecule has 0 aliphatic carbocycles. The molecule has 34 heavy (non-hydrogen) atoms. The lowest BCUT2D eigenvalue weighted by atomic mass is 10.1. The van der Waals surface area contributed by atoms with E-state index in [-0.39, 0.29) is 29.1 Å². The zero-order chi connectivity index (χ0) is 23.8. The first kappa shape index (κ1) is 21.5. The summed E-state index contributed by atoms with van der Waals surface area (Å²) in [7, 11) is 0. The van der Waals surface area contributed by atoms with Crippen LogP contribution in [0.2, 0.25) is 0 Å². The van der Waals surface area contributed by atoms with E-state index in [4.69, 9.17) is 4.74 Å². The van der Waals surface area contributed by atoms with E-state index in [9.17, 15) is 18.8 Å². The molecule has 1 N–H and O–H groups in total. The fourth-order valence-electron chi connectivity index (χ4n) is 4.06. The zero-order valence-electron chi connectivity index (χ0n) is 18.2. The quantitative estimate of drug-likeness (QED) is 0.468. The molecule has 0 saturated carbocycles. The lowest BCUT2D eigenvalue weighted by Crippen LogP contribution is -2.30. The molecular weight excluding hydrogens is 441 g/mol. The van der Waals surface area contributed by atoms with Crippen LogP contribution in [-0.4, -0.2) is 55.9 Å². The highest BCUT2D eigenvalue weighted by atomic mass is 19.1. The van der Waals surface area contributed by atoms with Crippen LogP contribution in [0.3, 0.4) is 0 Å². The van der Waals surface area contributed by atoms with E-state index >= 15 is 0 Å². The number of aromatic nitrogens is 4. The predicted octanol–water partition coefficient (Wildman–Crippen LogP) is 2.69. The molecule has 5 rings (SSSR count). The Morgan fingerprint density at radius 3 is 2.71 bits per heavy atom. The van der Waals surface area contributed by atoms with Gasteiger partial charge in [-0.2, -0.15) is 0 Å². The molecule has 10 heteroatoms. The third-order valence-corrected chi connectivity index (χ3v) is 5.72. The van der Waals surface area contributed by atoms with Crippen LogP contribution >= 0.6 is 0 Å². The molecule has 1 saturated heterocycles. The van der Waals surface area contributed by atoms with Crippen LogP contribution in [0.15, 0.2) is 59.5 Å². The van der Waals surface area contributed by atoms with E-state index in [1.165, 1.54) is 29.8 Å². The zero-order valence-corrected chi connectivity index (χ0v) is 18.2. The van der Waals surface area contributed by atoms with Gasteiger partial charge in [-0.15, -0.1) is 5.10 Å². The summed E-state index contributed by atoms with van der Waals surface area (Å²) < 4.78 is 20.3. The van der Waals surface area contributed by atoms with Gasteiger partial charge in [-0.1, -0.05) is 5.21 Å². The van der Waals surface area contributed by atoms with Crippen LogP contribution in [0.5, 0.6) is 0 Å². The van der Waals surface area contributed by atoms with Crippen molar-refractivity contribution in [1.82, 2.24) is 24.9 Å². The Morgan fingerprint density at radius 1 is 1.15 bits per heavy atom. The summed E-state index contributed by atoms with van der Waals surface area (Å²) in [5, 5.41) is 8.72. The van der Waals surface area contributed by atoms with Crippen molar-refractivity contribution in [2.75, 3.05) is 13.1 Å².